The molecule has 0 aliphatic rings. The number of nitrogens with zero attached hydrogens (tertiary/aromatic N) is 1. The zero-order chi connectivity index (χ0) is 11.7. The van der Waals surface area contributed by atoms with E-state index < -0.39 is 0 Å². The molecule has 1 aromatic carbocycles. The van der Waals surface area contributed by atoms with Gasteiger partial charge in [-0.1, -0.05) is 0 Å². The third-order valence-electron chi connectivity index (χ3n) is 2.47. The summed E-state index contributed by atoms with van der Waals surface area (Å²) in [5, 5.41) is 0. The monoisotopic (exact) mass is 225 g/mol. The summed E-state index contributed by atoms with van der Waals surface area (Å²) in [5.41, 5.74) is 8.26. The molecule has 4 nitrogen and oxygen atoms in total. The number of nitrogen functional groups attached to an aromatic ring is 1. The number of anilines is 1. The molecule has 0 saturated carbocycles. The fraction of sp³-hybridized carbons (Fsp3) is 0. The molecule has 3 aromatic rings. The normalized spacial score (nSPS) is 11.5. The van der Waals surface area contributed by atoms with Crippen molar-refractivity contribution >= 4 is 28.9 Å². The summed E-state index contributed by atoms with van der Waals surface area (Å²) in [6.45, 7) is 0. The first-order valence-corrected chi connectivity index (χ1v) is 5.28. The quantitative estimate of drug-likeness (QED) is 0.659. The predicted molar refractivity (Wildman–Crippen MR) is 68.1 cm³/mol. The second-order valence-corrected chi connectivity index (χ2v) is 3.75. The summed E-state index contributed by atoms with van der Waals surface area (Å²) in [6, 6.07) is 9.33. The summed E-state index contributed by atoms with van der Waals surface area (Å²) in [5.74, 6) is 1.58. The molecule has 0 unspecified atom stereocenters. The second kappa shape index (κ2) is 3.83. The van der Waals surface area contributed by atoms with Gasteiger partial charge in [-0.3, -0.25) is 0 Å². The molecular formula is C13H11N3O. The van der Waals surface area contributed by atoms with E-state index in [4.69, 9.17) is 10.2 Å². The highest BCUT2D eigenvalue weighted by Gasteiger charge is 2.00. The Hall–Kier alpha value is -2.49. The Morgan fingerprint density at radius 3 is 3.00 bits per heavy atom. The van der Waals surface area contributed by atoms with Gasteiger partial charge in [0.25, 0.3) is 0 Å². The van der Waals surface area contributed by atoms with Crippen LogP contribution in [0.15, 0.2) is 41.0 Å². The van der Waals surface area contributed by atoms with Crippen LogP contribution in [-0.4, -0.2) is 9.97 Å². The van der Waals surface area contributed by atoms with Gasteiger partial charge in [0.15, 0.2) is 0 Å². The molecule has 3 rings (SSSR count). The minimum atomic E-state index is 0.725. The number of H-pyrrole nitrogens is 1. The minimum Gasteiger partial charge on any atom is -0.465 e. The Morgan fingerprint density at radius 1 is 1.24 bits per heavy atom. The number of nitrogens with one attached hydrogen (secondary N) is 1. The maximum Gasteiger partial charge on any atom is 0.131 e. The molecule has 2 heterocycles. The first-order valence-electron chi connectivity index (χ1n) is 5.28. The van der Waals surface area contributed by atoms with Gasteiger partial charge < -0.3 is 15.1 Å². The van der Waals surface area contributed by atoms with E-state index in [1.54, 1.807) is 6.26 Å². The van der Waals surface area contributed by atoms with Crippen LogP contribution >= 0.6 is 0 Å². The Labute approximate surface area is 97.8 Å². The smallest absolute Gasteiger partial charge is 0.131 e. The van der Waals surface area contributed by atoms with Crippen molar-refractivity contribution in [3.05, 3.63) is 48.2 Å². The van der Waals surface area contributed by atoms with E-state index in [1.807, 2.05) is 42.5 Å². The summed E-state index contributed by atoms with van der Waals surface area (Å²) in [6.07, 6.45) is 5.37. The van der Waals surface area contributed by atoms with Crippen LogP contribution in [0.2, 0.25) is 0 Å². The highest BCUT2D eigenvalue weighted by molar-refractivity contribution is 5.81. The van der Waals surface area contributed by atoms with Crippen LogP contribution < -0.4 is 5.73 Å². The third kappa shape index (κ3) is 1.92. The first-order chi connectivity index (χ1) is 8.31. The molecule has 3 N–H and O–H groups in total. The molecule has 0 aliphatic carbocycles. The van der Waals surface area contributed by atoms with Crippen LogP contribution in [0.3, 0.4) is 0 Å². The molecule has 84 valence electrons. The lowest BCUT2D eigenvalue weighted by Crippen LogP contribution is -1.82. The molecule has 0 amide bonds. The molecule has 0 bridgehead atoms. The number of aromatic amines is 1. The van der Waals surface area contributed by atoms with E-state index >= 15 is 0 Å². The maximum absolute atomic E-state index is 5.70. The first kappa shape index (κ1) is 9.72. The van der Waals surface area contributed by atoms with Crippen molar-refractivity contribution in [2.24, 2.45) is 0 Å². The van der Waals surface area contributed by atoms with Crippen molar-refractivity contribution in [1.29, 1.82) is 0 Å². The van der Waals surface area contributed by atoms with Gasteiger partial charge >= 0.3 is 0 Å². The van der Waals surface area contributed by atoms with E-state index in [0.717, 1.165) is 28.3 Å². The molecular weight excluding hydrogens is 214 g/mol. The lowest BCUT2D eigenvalue weighted by Gasteiger charge is -1.89. The molecule has 0 spiro atoms. The predicted octanol–water partition coefficient (Wildman–Crippen LogP) is 2.91. The number of furan rings is 1. The fourth-order valence-electron chi connectivity index (χ4n) is 1.67. The number of hydrogen-bond donors (Lipinski definition) is 2. The van der Waals surface area contributed by atoms with Gasteiger partial charge in [-0.25, -0.2) is 4.98 Å². The van der Waals surface area contributed by atoms with Crippen LogP contribution in [0.4, 0.5) is 5.69 Å². The highest BCUT2D eigenvalue weighted by Crippen LogP contribution is 2.16. The minimum absolute atomic E-state index is 0.725. The molecule has 0 fully saturated rings. The van der Waals surface area contributed by atoms with Gasteiger partial charge in [0, 0.05) is 5.69 Å². The maximum atomic E-state index is 5.70. The number of benzene rings is 1. The number of aromatic nitrogens is 2. The fourth-order valence-corrected chi connectivity index (χ4v) is 1.67. The second-order valence-electron chi connectivity index (χ2n) is 3.75. The van der Waals surface area contributed by atoms with Gasteiger partial charge in [0.05, 0.1) is 17.3 Å². The number of rotatable bonds is 2. The van der Waals surface area contributed by atoms with Crippen molar-refractivity contribution in [3.8, 4) is 0 Å². The van der Waals surface area contributed by atoms with Gasteiger partial charge in [-0.2, -0.15) is 0 Å². The van der Waals surface area contributed by atoms with Crippen molar-refractivity contribution in [2.75, 3.05) is 5.73 Å². The third-order valence-corrected chi connectivity index (χ3v) is 2.47. The summed E-state index contributed by atoms with van der Waals surface area (Å²) in [4.78, 5) is 7.59. The van der Waals surface area contributed by atoms with E-state index in [9.17, 15) is 0 Å². The Morgan fingerprint density at radius 2 is 2.18 bits per heavy atom. The number of nitrogens with two attached hydrogens (primary N) is 1. The summed E-state index contributed by atoms with van der Waals surface area (Å²) in [7, 11) is 0. The van der Waals surface area contributed by atoms with Gasteiger partial charge in [-0.15, -0.1) is 0 Å². The zero-order valence-corrected chi connectivity index (χ0v) is 9.05. The van der Waals surface area contributed by atoms with Gasteiger partial charge in [0.1, 0.15) is 11.6 Å². The van der Waals surface area contributed by atoms with E-state index in [1.165, 1.54) is 0 Å². The lowest BCUT2D eigenvalue weighted by molar-refractivity contribution is 0.557. The van der Waals surface area contributed by atoms with Crippen LogP contribution in [-0.2, 0) is 0 Å². The summed E-state index contributed by atoms with van der Waals surface area (Å²) >= 11 is 0. The molecule has 2 aromatic heterocycles. The number of hydrogen-bond acceptors (Lipinski definition) is 3. The Balaban J connectivity index is 1.96. The van der Waals surface area contributed by atoms with E-state index in [2.05, 4.69) is 9.97 Å². The van der Waals surface area contributed by atoms with Crippen LogP contribution in [0.1, 0.15) is 11.6 Å². The average molecular weight is 225 g/mol. The average Bonchev–Trinajstić information content (AvgIpc) is 2.94. The van der Waals surface area contributed by atoms with Crippen molar-refractivity contribution in [3.63, 3.8) is 0 Å². The Bertz CT molecular complexity index is 665. The largest absolute Gasteiger partial charge is 0.465 e. The van der Waals surface area contributed by atoms with Crippen molar-refractivity contribution in [2.45, 2.75) is 0 Å². The van der Waals surface area contributed by atoms with Crippen LogP contribution in [0.5, 0.6) is 0 Å². The standard InChI is InChI=1S/C13H11N3O/c14-9-3-5-11-12(8-9)16-13(15-11)6-4-10-2-1-7-17-10/h1-8H,14H2,(H,15,16). The molecule has 0 aliphatic heterocycles. The highest BCUT2D eigenvalue weighted by atomic mass is 16.3. The SMILES string of the molecule is Nc1ccc2nc(C=Cc3ccco3)[nH]c2c1. The zero-order valence-electron chi connectivity index (χ0n) is 9.05. The van der Waals surface area contributed by atoms with Crippen LogP contribution in [0, 0.1) is 0 Å². The topological polar surface area (TPSA) is 67.8 Å². The van der Waals surface area contributed by atoms with Crippen LogP contribution in [0.25, 0.3) is 23.2 Å². The van der Waals surface area contributed by atoms with Crippen molar-refractivity contribution < 1.29 is 4.42 Å². The van der Waals surface area contributed by atoms with Gasteiger partial charge in [-0.05, 0) is 42.5 Å². The summed E-state index contributed by atoms with van der Waals surface area (Å²) < 4.78 is 5.20. The van der Waals surface area contributed by atoms with E-state index in [0.29, 0.717) is 0 Å². The number of fused-ring (bicyclic) bond motifs is 1. The molecule has 0 atom stereocenters. The number of imidazole rings is 1. The molecule has 17 heavy (non-hydrogen) atoms. The molecule has 0 saturated heterocycles. The lowest BCUT2D eigenvalue weighted by atomic mass is 10.3. The van der Waals surface area contributed by atoms with Crippen molar-refractivity contribution in [1.82, 2.24) is 9.97 Å². The molecule has 4 heteroatoms. The Kier molecular flexibility index (Phi) is 2.19. The van der Waals surface area contributed by atoms with E-state index in [-0.39, 0.29) is 0 Å². The molecule has 0 radical (unpaired) electrons. The van der Waals surface area contributed by atoms with Gasteiger partial charge in [0.2, 0.25) is 0 Å².